The molecule has 0 bridgehead atoms. The molecular weight excluding hydrogens is 780 g/mol. The maximum atomic E-state index is 14.1. The molecule has 6 rings (SSSR count). The van der Waals surface area contributed by atoms with Gasteiger partial charge >= 0.3 is 5.97 Å². The number of carbonyl (C=O) groups is 4. The third-order valence-corrected chi connectivity index (χ3v) is 10.7. The minimum absolute atomic E-state index is 0.0268. The van der Waals surface area contributed by atoms with Crippen molar-refractivity contribution in [2.45, 2.75) is 76.0 Å². The monoisotopic (exact) mass is 826 g/mol. The average Bonchev–Trinajstić information content (AvgIpc) is 3.17. The summed E-state index contributed by atoms with van der Waals surface area (Å²) in [6, 6.07) is 2.66. The van der Waals surface area contributed by atoms with Crippen molar-refractivity contribution in [2.75, 3.05) is 41.0 Å². The summed E-state index contributed by atoms with van der Waals surface area (Å²) in [4.78, 5) is 55.0. The van der Waals surface area contributed by atoms with E-state index in [0.29, 0.717) is 0 Å². The zero-order valence-corrected chi connectivity index (χ0v) is 32.8. The second-order valence-corrected chi connectivity index (χ2v) is 14.7. The van der Waals surface area contributed by atoms with Crippen LogP contribution in [0.3, 0.4) is 0 Å². The van der Waals surface area contributed by atoms with Crippen molar-refractivity contribution in [3.8, 4) is 34.1 Å². The summed E-state index contributed by atoms with van der Waals surface area (Å²) in [5.41, 5.74) is -3.14. The second kappa shape index (κ2) is 16.8. The van der Waals surface area contributed by atoms with Crippen molar-refractivity contribution >= 4 is 23.4 Å². The number of ketones is 2. The molecule has 3 aliphatic rings. The first-order valence-corrected chi connectivity index (χ1v) is 18.5. The van der Waals surface area contributed by atoms with E-state index in [2.05, 4.69) is 5.32 Å². The molecule has 1 saturated heterocycles. The lowest BCUT2D eigenvalue weighted by molar-refractivity contribution is -0.327. The van der Waals surface area contributed by atoms with Crippen LogP contribution in [0.2, 0.25) is 0 Å². The van der Waals surface area contributed by atoms with Crippen LogP contribution in [0, 0.1) is 6.92 Å². The highest BCUT2D eigenvalue weighted by Crippen LogP contribution is 2.57. The number of carboxylic acid groups (broad SMARTS) is 1. The molecule has 1 aliphatic heterocycles. The number of methoxy groups -OCH3 is 1. The Hall–Kier alpha value is -5.22. The molecule has 0 spiro atoms. The fourth-order valence-corrected chi connectivity index (χ4v) is 8.03. The highest BCUT2D eigenvalue weighted by Gasteiger charge is 2.50. The molecule has 318 valence electrons. The van der Waals surface area contributed by atoms with E-state index in [1.165, 1.54) is 33.1 Å². The highest BCUT2D eigenvalue weighted by atomic mass is 16.7. The Labute approximate surface area is 336 Å². The van der Waals surface area contributed by atoms with E-state index in [4.69, 9.17) is 23.7 Å². The number of nitrogens with one attached hydrogen (secondary N) is 1. The summed E-state index contributed by atoms with van der Waals surface area (Å²) >= 11 is 0. The SMILES string of the molecule is COc1cc(O)c2c(c1)C(=O)c1c(cc3c(c1O)-c1c(cc(C)c(C(=O)N[C@H](C)C(=O)O)c1O)[C@H](O[C@@H]1O[C@H](C)[C@H](N(C)C)[C@H](O[C@H](CO)OCCO)[C@H]1O)[C@H]3O)C2=O. The van der Waals surface area contributed by atoms with Crippen molar-refractivity contribution in [1.82, 2.24) is 10.2 Å². The third-order valence-electron chi connectivity index (χ3n) is 10.7. The molecule has 0 unspecified atom stereocenters. The average molecular weight is 827 g/mol. The van der Waals surface area contributed by atoms with Gasteiger partial charge in [0.05, 0.1) is 55.8 Å². The Bertz CT molecular complexity index is 2190. The molecule has 3 aromatic carbocycles. The van der Waals surface area contributed by atoms with Gasteiger partial charge in [-0.15, -0.1) is 0 Å². The summed E-state index contributed by atoms with van der Waals surface area (Å²) in [7, 11) is 4.66. The van der Waals surface area contributed by atoms with Gasteiger partial charge < -0.3 is 74.8 Å². The van der Waals surface area contributed by atoms with Crippen LogP contribution in [0.4, 0.5) is 0 Å². The number of ether oxygens (including phenoxy) is 5. The van der Waals surface area contributed by atoms with E-state index in [-0.39, 0.29) is 52.3 Å². The number of carboxylic acids is 1. The van der Waals surface area contributed by atoms with Crippen LogP contribution in [0.1, 0.15) is 84.9 Å². The predicted octanol–water partition coefficient (Wildman–Crippen LogP) is 0.619. The van der Waals surface area contributed by atoms with Crippen LogP contribution in [0.15, 0.2) is 24.3 Å². The first-order valence-electron chi connectivity index (χ1n) is 18.5. The first kappa shape index (κ1) is 43.4. The zero-order valence-electron chi connectivity index (χ0n) is 32.8. The van der Waals surface area contributed by atoms with Gasteiger partial charge in [-0.3, -0.25) is 19.2 Å². The Kier molecular flexibility index (Phi) is 12.3. The summed E-state index contributed by atoms with van der Waals surface area (Å²) in [5, 5.41) is 89.8. The molecule has 59 heavy (non-hydrogen) atoms. The maximum absolute atomic E-state index is 14.1. The van der Waals surface area contributed by atoms with E-state index in [0.717, 1.165) is 12.1 Å². The van der Waals surface area contributed by atoms with Gasteiger partial charge in [0.1, 0.15) is 53.5 Å². The Morgan fingerprint density at radius 3 is 2.19 bits per heavy atom. The standard InChI is InChI=1S/C40H46N2O17/c1-14-9-21-27(33(49)24(14)38(52)41-15(2)39(53)54)26-19(12-20-28(34(26)50)31(47)18-10-17(55-6)11-22(45)25(18)30(20)46)32(48)36(21)59-40-35(51)37(29(42(4)5)16(3)57-40)58-23(13-44)56-8-7-43/h9-12,15-16,23,29,32,35-37,40,43-45,48-51H,7-8,13H2,1-6H3,(H,41,52)(H,53,54)/t15-,16-,23-,29+,32+,35-,36+,37+,40+/m1/s1. The van der Waals surface area contributed by atoms with Gasteiger partial charge in [0, 0.05) is 28.3 Å². The molecule has 1 amide bonds. The fraction of sp³-hybridized carbons (Fsp3) is 0.450. The van der Waals surface area contributed by atoms with Crippen LogP contribution in [0.5, 0.6) is 23.0 Å². The summed E-state index contributed by atoms with van der Waals surface area (Å²) in [6.45, 7) is 3.03. The van der Waals surface area contributed by atoms with Crippen LogP contribution < -0.4 is 10.1 Å². The summed E-state index contributed by atoms with van der Waals surface area (Å²) in [5.74, 6) is -6.50. The van der Waals surface area contributed by atoms with Crippen molar-refractivity contribution in [3.63, 3.8) is 0 Å². The molecule has 1 fully saturated rings. The molecule has 19 heteroatoms. The number of benzene rings is 3. The minimum atomic E-state index is -1.86. The molecule has 0 radical (unpaired) electrons. The van der Waals surface area contributed by atoms with Gasteiger partial charge in [0.25, 0.3) is 5.91 Å². The molecule has 3 aromatic rings. The van der Waals surface area contributed by atoms with Gasteiger partial charge in [-0.25, -0.2) is 0 Å². The summed E-state index contributed by atoms with van der Waals surface area (Å²) in [6.07, 6.45) is -10.0. The van der Waals surface area contributed by atoms with Crippen LogP contribution in [-0.4, -0.2) is 153 Å². The number of aliphatic hydroxyl groups excluding tert-OH is 4. The van der Waals surface area contributed by atoms with Gasteiger partial charge in [0.2, 0.25) is 0 Å². The van der Waals surface area contributed by atoms with Crippen molar-refractivity contribution in [3.05, 3.63) is 68.8 Å². The Morgan fingerprint density at radius 2 is 1.58 bits per heavy atom. The van der Waals surface area contributed by atoms with Crippen LogP contribution in [0.25, 0.3) is 11.1 Å². The molecule has 2 aliphatic carbocycles. The normalized spacial score (nSPS) is 24.4. The number of hydrogen-bond donors (Lipinski definition) is 9. The van der Waals surface area contributed by atoms with Crippen molar-refractivity contribution in [2.24, 2.45) is 0 Å². The maximum Gasteiger partial charge on any atom is 0.325 e. The fourth-order valence-electron chi connectivity index (χ4n) is 8.03. The predicted molar refractivity (Wildman–Crippen MR) is 201 cm³/mol. The smallest absolute Gasteiger partial charge is 0.325 e. The van der Waals surface area contributed by atoms with Crippen LogP contribution in [-0.2, 0) is 23.7 Å². The largest absolute Gasteiger partial charge is 0.507 e. The number of aliphatic carboxylic acids is 1. The number of phenols is 3. The number of nitrogens with zero attached hydrogens (tertiary/aromatic N) is 1. The highest BCUT2D eigenvalue weighted by molar-refractivity contribution is 6.31. The molecule has 1 heterocycles. The lowest BCUT2D eigenvalue weighted by Gasteiger charge is -2.48. The molecule has 0 saturated carbocycles. The van der Waals surface area contributed by atoms with E-state index in [9.17, 15) is 60.0 Å². The van der Waals surface area contributed by atoms with Gasteiger partial charge in [-0.2, -0.15) is 0 Å². The number of aromatic hydroxyl groups is 3. The molecular formula is C40H46N2O17. The van der Waals surface area contributed by atoms with Crippen molar-refractivity contribution in [1.29, 1.82) is 0 Å². The first-order chi connectivity index (χ1) is 27.9. The quantitative estimate of drug-likeness (QED) is 0.0835. The van der Waals surface area contributed by atoms with Gasteiger partial charge in [-0.1, -0.05) is 6.07 Å². The number of aryl methyl sites for hydroxylation is 1. The Balaban J connectivity index is 1.53. The molecule has 9 N–H and O–H groups in total. The lowest BCUT2D eigenvalue weighted by Crippen LogP contribution is -2.63. The molecule has 19 nitrogen and oxygen atoms in total. The third kappa shape index (κ3) is 7.49. The Morgan fingerprint density at radius 1 is 0.932 bits per heavy atom. The number of hydrogen-bond acceptors (Lipinski definition) is 17. The number of likely N-dealkylation sites (N-methyl/N-ethyl adjacent to an activating group) is 1. The zero-order chi connectivity index (χ0) is 43.4. The van der Waals surface area contributed by atoms with E-state index in [1.807, 2.05) is 0 Å². The number of fused-ring (bicyclic) bond motifs is 5. The van der Waals surface area contributed by atoms with E-state index >= 15 is 0 Å². The number of aliphatic hydroxyl groups is 4. The van der Waals surface area contributed by atoms with E-state index < -0.39 is 125 Å². The van der Waals surface area contributed by atoms with Crippen LogP contribution >= 0.6 is 0 Å². The number of carbonyl (C=O) groups excluding carboxylic acids is 3. The number of rotatable bonds is 13. The van der Waals surface area contributed by atoms with Gasteiger partial charge in [0.15, 0.2) is 24.1 Å². The molecule has 9 atom stereocenters. The van der Waals surface area contributed by atoms with E-state index in [1.54, 1.807) is 25.9 Å². The second-order valence-electron chi connectivity index (χ2n) is 14.7. The topological polar surface area (TPSA) is 292 Å². The number of amides is 1. The lowest BCUT2D eigenvalue weighted by atomic mass is 9.74. The number of phenolic OH excluding ortho intramolecular Hbond substituents is 3. The van der Waals surface area contributed by atoms with Crippen molar-refractivity contribution < 1.29 is 83.7 Å². The summed E-state index contributed by atoms with van der Waals surface area (Å²) < 4.78 is 29.1. The van der Waals surface area contributed by atoms with Gasteiger partial charge in [-0.05, 0) is 63.7 Å². The molecule has 0 aromatic heterocycles. The minimum Gasteiger partial charge on any atom is -0.507 e.